The number of carboxylic acid groups (broad SMARTS) is 1. The maximum atomic E-state index is 14.4. The minimum absolute atomic E-state index is 0.0482. The molecule has 0 fully saturated rings. The van der Waals surface area contributed by atoms with Crippen LogP contribution in [0, 0.1) is 6.92 Å². The summed E-state index contributed by atoms with van der Waals surface area (Å²) in [6, 6.07) is 12.0. The van der Waals surface area contributed by atoms with Gasteiger partial charge in [0.1, 0.15) is 17.9 Å². The number of alkyl halides is 2. The lowest BCUT2D eigenvalue weighted by molar-refractivity contribution is -0.136. The number of carboxylic acids is 1. The number of aryl methyl sites for hydroxylation is 3. The van der Waals surface area contributed by atoms with Crippen LogP contribution in [0.2, 0.25) is 0 Å². The van der Waals surface area contributed by atoms with E-state index in [0.29, 0.717) is 36.5 Å². The van der Waals surface area contributed by atoms with E-state index in [1.807, 2.05) is 37.4 Å². The minimum atomic E-state index is -4.56. The molecule has 0 amide bonds. The van der Waals surface area contributed by atoms with E-state index >= 15 is 0 Å². The Morgan fingerprint density at radius 3 is 2.29 bits per heavy atom. The Morgan fingerprint density at radius 2 is 1.61 bits per heavy atom. The zero-order chi connectivity index (χ0) is 37.0. The number of nitrogens with zero attached hydrogens (tertiary/aromatic N) is 2. The Hall–Kier alpha value is -3.74. The molecule has 0 saturated heterocycles. The van der Waals surface area contributed by atoms with Gasteiger partial charge >= 0.3 is 19.2 Å². The molecule has 0 bridgehead atoms. The summed E-state index contributed by atoms with van der Waals surface area (Å²) >= 11 is 0. The average molecular weight is 732 g/mol. The molecule has 0 atom stereocenters. The predicted octanol–water partition coefficient (Wildman–Crippen LogP) is 7.70. The van der Waals surface area contributed by atoms with Crippen LogP contribution < -0.4 is 10.5 Å². The van der Waals surface area contributed by atoms with Gasteiger partial charge in [0.25, 0.3) is 0 Å². The number of aromatic nitrogens is 2. The van der Waals surface area contributed by atoms with Gasteiger partial charge in [-0.25, -0.2) is 4.98 Å². The average Bonchev–Trinajstić information content (AvgIpc) is 3.09. The van der Waals surface area contributed by atoms with Gasteiger partial charge in [-0.15, -0.1) is 0 Å². The van der Waals surface area contributed by atoms with Crippen molar-refractivity contribution in [2.45, 2.75) is 71.9 Å². The molecule has 51 heavy (non-hydrogen) atoms. The molecule has 11 nitrogen and oxygen atoms in total. The highest BCUT2D eigenvalue weighted by molar-refractivity contribution is 7.55. The summed E-state index contributed by atoms with van der Waals surface area (Å²) in [5, 5.41) is 10.9. The first-order valence-electron chi connectivity index (χ1n) is 17.3. The summed E-state index contributed by atoms with van der Waals surface area (Å²) in [5.74, 6) is 0.268. The van der Waals surface area contributed by atoms with E-state index < -0.39 is 25.6 Å². The van der Waals surface area contributed by atoms with Gasteiger partial charge in [0.2, 0.25) is 0 Å². The number of fused-ring (bicyclic) bond motifs is 3. The molecule has 4 rings (SSSR count). The second-order valence-electron chi connectivity index (χ2n) is 12.0. The number of carbonyl (C=O) groups is 1. The Morgan fingerprint density at radius 1 is 0.902 bits per heavy atom. The number of aliphatic carboxylic acids is 1. The zero-order valence-corrected chi connectivity index (χ0v) is 30.6. The molecule has 0 spiro atoms. The summed E-state index contributed by atoms with van der Waals surface area (Å²) < 4.78 is 67.5. The molecule has 14 heteroatoms. The lowest BCUT2D eigenvalue weighted by Gasteiger charge is -2.25. The summed E-state index contributed by atoms with van der Waals surface area (Å²) in [6.45, 7) is 7.40. The third-order valence-electron chi connectivity index (χ3n) is 8.49. The van der Waals surface area contributed by atoms with Gasteiger partial charge in [-0.05, 0) is 92.5 Å². The normalized spacial score (nSPS) is 12.2. The molecule has 3 N–H and O–H groups in total. The molecule has 0 saturated carbocycles. The fraction of sp³-hybridized carbons (Fsp3) is 0.486. The standard InChI is InChI=1S/C37H48F2N3O8P/c1-5-29-25(4)33(48-21-20-47-19-18-46-17-16-37(38,39)51(45,49-6-2)50-7-3)14-12-28(29)11-8-27-22-31-30-13-9-26(10-15-34(43)44)23-32(30)42-36(40)35(31)41-24-27/h9,12-14,22-24H,5-8,10-11,15-21H2,1-4H3,(H2,40,42)(H,43,44). The molecule has 278 valence electrons. The largest absolute Gasteiger partial charge is 0.491 e. The first-order chi connectivity index (χ1) is 24.4. The molecule has 4 aromatic rings. The Bertz CT molecular complexity index is 1830. The number of hydrogen-bond donors (Lipinski definition) is 2. The highest BCUT2D eigenvalue weighted by atomic mass is 31.2. The molecule has 0 aliphatic rings. The van der Waals surface area contributed by atoms with Crippen LogP contribution in [0.15, 0.2) is 42.6 Å². The van der Waals surface area contributed by atoms with Crippen molar-refractivity contribution in [2.75, 3.05) is 52.0 Å². The summed E-state index contributed by atoms with van der Waals surface area (Å²) in [7, 11) is -4.56. The van der Waals surface area contributed by atoms with E-state index in [2.05, 4.69) is 29.0 Å². The van der Waals surface area contributed by atoms with Crippen molar-refractivity contribution in [1.29, 1.82) is 0 Å². The molecule has 0 aliphatic carbocycles. The smallest absolute Gasteiger partial charge is 0.399 e. The van der Waals surface area contributed by atoms with Crippen LogP contribution in [-0.4, -0.2) is 73.0 Å². The molecule has 2 aromatic carbocycles. The van der Waals surface area contributed by atoms with Crippen LogP contribution in [0.1, 0.15) is 61.4 Å². The number of anilines is 1. The maximum absolute atomic E-state index is 14.4. The molecule has 0 aliphatic heterocycles. The monoisotopic (exact) mass is 731 g/mol. The van der Waals surface area contributed by atoms with Gasteiger partial charge in [-0.1, -0.05) is 25.1 Å². The van der Waals surface area contributed by atoms with Gasteiger partial charge in [0.15, 0.2) is 5.82 Å². The molecule has 2 heterocycles. The number of hydrogen-bond acceptors (Lipinski definition) is 10. The molecule has 0 unspecified atom stereocenters. The Labute approximate surface area is 297 Å². The van der Waals surface area contributed by atoms with Crippen LogP contribution in [0.3, 0.4) is 0 Å². The van der Waals surface area contributed by atoms with E-state index in [4.69, 9.17) is 34.1 Å². The van der Waals surface area contributed by atoms with Gasteiger partial charge in [0, 0.05) is 29.8 Å². The zero-order valence-electron chi connectivity index (χ0n) is 29.7. The minimum Gasteiger partial charge on any atom is -0.491 e. The number of pyridine rings is 2. The van der Waals surface area contributed by atoms with Crippen LogP contribution in [0.5, 0.6) is 5.75 Å². The number of nitrogen functional groups attached to an aromatic ring is 1. The number of nitrogens with two attached hydrogens (primary N) is 1. The third-order valence-corrected chi connectivity index (χ3v) is 10.7. The summed E-state index contributed by atoms with van der Waals surface area (Å²) in [4.78, 5) is 20.2. The fourth-order valence-corrected chi connectivity index (χ4v) is 7.42. The van der Waals surface area contributed by atoms with Gasteiger partial charge < -0.3 is 34.1 Å². The molecular formula is C37H48F2N3O8P. The van der Waals surface area contributed by atoms with Gasteiger partial charge in [-0.2, -0.15) is 8.78 Å². The number of ether oxygens (including phenoxy) is 3. The summed E-state index contributed by atoms with van der Waals surface area (Å²) in [5.41, 5.74) is 9.44. The van der Waals surface area contributed by atoms with Gasteiger partial charge in [-0.3, -0.25) is 14.3 Å². The third kappa shape index (κ3) is 10.4. The van der Waals surface area contributed by atoms with Crippen LogP contribution in [-0.2, 0) is 53.6 Å². The quantitative estimate of drug-likeness (QED) is 0.0465. The van der Waals surface area contributed by atoms with Crippen LogP contribution in [0.4, 0.5) is 14.6 Å². The summed E-state index contributed by atoms with van der Waals surface area (Å²) in [6.07, 6.45) is 3.93. The maximum Gasteiger partial charge on any atom is 0.399 e. The van der Waals surface area contributed by atoms with Crippen LogP contribution in [0.25, 0.3) is 21.8 Å². The van der Waals surface area contributed by atoms with E-state index in [1.54, 1.807) is 0 Å². The van der Waals surface area contributed by atoms with Gasteiger partial charge in [0.05, 0.1) is 45.2 Å². The van der Waals surface area contributed by atoms with Crippen molar-refractivity contribution in [2.24, 2.45) is 0 Å². The molecular weight excluding hydrogens is 683 g/mol. The second-order valence-corrected chi connectivity index (χ2v) is 14.1. The topological polar surface area (TPSA) is 152 Å². The van der Waals surface area contributed by atoms with Crippen molar-refractivity contribution in [1.82, 2.24) is 9.97 Å². The first kappa shape index (κ1) is 40.0. The lowest BCUT2D eigenvalue weighted by atomic mass is 9.94. The van der Waals surface area contributed by atoms with E-state index in [0.717, 1.165) is 52.5 Å². The molecule has 2 aromatic heterocycles. The van der Waals surface area contributed by atoms with E-state index in [9.17, 15) is 18.1 Å². The van der Waals surface area contributed by atoms with E-state index in [1.165, 1.54) is 25.0 Å². The Balaban J connectivity index is 1.27. The van der Waals surface area contributed by atoms with Crippen molar-refractivity contribution in [3.63, 3.8) is 0 Å². The van der Waals surface area contributed by atoms with Crippen molar-refractivity contribution < 1.29 is 46.5 Å². The van der Waals surface area contributed by atoms with Crippen molar-refractivity contribution >= 4 is 41.2 Å². The number of rotatable bonds is 22. The van der Waals surface area contributed by atoms with Crippen LogP contribution >= 0.6 is 7.60 Å². The second kappa shape index (κ2) is 18.7. The number of halogens is 2. The predicted molar refractivity (Wildman–Crippen MR) is 193 cm³/mol. The molecule has 0 radical (unpaired) electrons. The lowest BCUT2D eigenvalue weighted by Crippen LogP contribution is -2.23. The van der Waals surface area contributed by atoms with Crippen molar-refractivity contribution in [3.05, 3.63) is 70.4 Å². The highest BCUT2D eigenvalue weighted by Gasteiger charge is 2.52. The fourth-order valence-electron chi connectivity index (χ4n) is 5.92. The first-order valence-corrected chi connectivity index (χ1v) is 18.8. The SMILES string of the molecule is CCOP(=O)(OCC)C(F)(F)CCOCCOCCOc1ccc(CCc2cnc3c(N)nc4cc(CCC(=O)O)ccc4c3c2)c(CC)c1C. The highest BCUT2D eigenvalue weighted by Crippen LogP contribution is 2.63. The number of benzene rings is 2. The van der Waals surface area contributed by atoms with Crippen molar-refractivity contribution in [3.8, 4) is 5.75 Å². The van der Waals surface area contributed by atoms with E-state index in [-0.39, 0.29) is 39.5 Å². The Kier molecular flexibility index (Phi) is 14.6.